The van der Waals surface area contributed by atoms with E-state index in [0.717, 1.165) is 12.2 Å². The van der Waals surface area contributed by atoms with Gasteiger partial charge in [-0.3, -0.25) is 11.3 Å². The van der Waals surface area contributed by atoms with Crippen LogP contribution in [0.5, 0.6) is 5.75 Å². The van der Waals surface area contributed by atoms with Gasteiger partial charge in [-0.25, -0.2) is 0 Å². The van der Waals surface area contributed by atoms with E-state index < -0.39 is 0 Å². The predicted octanol–water partition coefficient (Wildman–Crippen LogP) is 3.91. The van der Waals surface area contributed by atoms with E-state index in [4.69, 9.17) is 22.2 Å². The highest BCUT2D eigenvalue weighted by molar-refractivity contribution is 6.30. The van der Waals surface area contributed by atoms with Crippen molar-refractivity contribution < 1.29 is 4.74 Å². The van der Waals surface area contributed by atoms with Crippen LogP contribution in [0.4, 0.5) is 0 Å². The Hall–Kier alpha value is -0.770. The van der Waals surface area contributed by atoms with Gasteiger partial charge in [-0.1, -0.05) is 56.7 Å². The molecule has 0 bridgehead atoms. The summed E-state index contributed by atoms with van der Waals surface area (Å²) in [5.74, 6) is 6.34. The molecular weight excluding hydrogens is 260 g/mol. The molecule has 0 fully saturated rings. The molecule has 0 spiro atoms. The van der Waals surface area contributed by atoms with Crippen molar-refractivity contribution in [3.05, 3.63) is 29.3 Å². The summed E-state index contributed by atoms with van der Waals surface area (Å²) in [4.78, 5) is 0. The third kappa shape index (κ3) is 7.41. The Labute approximate surface area is 121 Å². The Kier molecular flexibility index (Phi) is 8.63. The van der Waals surface area contributed by atoms with Gasteiger partial charge in [-0.15, -0.1) is 0 Å². The van der Waals surface area contributed by atoms with E-state index in [9.17, 15) is 0 Å². The normalized spacial score (nSPS) is 12.4. The first-order valence-corrected chi connectivity index (χ1v) is 7.48. The van der Waals surface area contributed by atoms with Crippen molar-refractivity contribution in [1.82, 2.24) is 5.43 Å². The van der Waals surface area contributed by atoms with Crippen molar-refractivity contribution in [2.45, 2.75) is 51.5 Å². The van der Waals surface area contributed by atoms with E-state index in [0.29, 0.717) is 11.6 Å². The summed E-state index contributed by atoms with van der Waals surface area (Å²) >= 11 is 5.91. The SMILES string of the molecule is CCCCCCCC(COc1cccc(Cl)c1)NN. The van der Waals surface area contributed by atoms with Crippen LogP contribution < -0.4 is 16.0 Å². The van der Waals surface area contributed by atoms with Crippen LogP contribution in [0.3, 0.4) is 0 Å². The summed E-state index contributed by atoms with van der Waals surface area (Å²) in [6.45, 7) is 2.80. The minimum atomic E-state index is 0.195. The third-order valence-electron chi connectivity index (χ3n) is 3.14. The molecule has 1 rings (SSSR count). The minimum absolute atomic E-state index is 0.195. The molecule has 0 aromatic heterocycles. The first kappa shape index (κ1) is 16.3. The minimum Gasteiger partial charge on any atom is -0.492 e. The Morgan fingerprint density at radius 3 is 2.74 bits per heavy atom. The van der Waals surface area contributed by atoms with Crippen molar-refractivity contribution in [3.63, 3.8) is 0 Å². The Balaban J connectivity index is 2.21. The van der Waals surface area contributed by atoms with Gasteiger partial charge in [0.25, 0.3) is 0 Å². The maximum absolute atomic E-state index is 5.91. The maximum Gasteiger partial charge on any atom is 0.120 e. The fourth-order valence-corrected chi connectivity index (χ4v) is 2.14. The summed E-state index contributed by atoms with van der Waals surface area (Å²) in [5, 5.41) is 0.689. The molecule has 4 heteroatoms. The Morgan fingerprint density at radius 2 is 2.05 bits per heavy atom. The molecule has 1 unspecified atom stereocenters. The van der Waals surface area contributed by atoms with E-state index in [2.05, 4.69) is 12.3 Å². The average Bonchev–Trinajstić information content (AvgIpc) is 2.42. The summed E-state index contributed by atoms with van der Waals surface area (Å²) < 4.78 is 5.69. The number of rotatable bonds is 10. The number of ether oxygens (including phenoxy) is 1. The van der Waals surface area contributed by atoms with Crippen LogP contribution in [0.1, 0.15) is 45.4 Å². The molecule has 3 nitrogen and oxygen atoms in total. The van der Waals surface area contributed by atoms with E-state index in [1.165, 1.54) is 32.1 Å². The molecule has 3 N–H and O–H groups in total. The van der Waals surface area contributed by atoms with Gasteiger partial charge in [0.2, 0.25) is 0 Å². The maximum atomic E-state index is 5.91. The molecule has 19 heavy (non-hydrogen) atoms. The number of hydrazine groups is 1. The zero-order chi connectivity index (χ0) is 13.9. The van der Waals surface area contributed by atoms with Gasteiger partial charge in [-0.2, -0.15) is 0 Å². The van der Waals surface area contributed by atoms with Crippen LogP contribution in [0.25, 0.3) is 0 Å². The van der Waals surface area contributed by atoms with E-state index in [-0.39, 0.29) is 6.04 Å². The lowest BCUT2D eigenvalue weighted by Crippen LogP contribution is -2.39. The van der Waals surface area contributed by atoms with E-state index >= 15 is 0 Å². The molecule has 108 valence electrons. The molecule has 0 saturated heterocycles. The van der Waals surface area contributed by atoms with Gasteiger partial charge in [0.05, 0.1) is 6.04 Å². The molecule has 1 aromatic rings. The second-order valence-electron chi connectivity index (χ2n) is 4.83. The van der Waals surface area contributed by atoms with Gasteiger partial charge in [-0.05, 0) is 24.6 Å². The van der Waals surface area contributed by atoms with Gasteiger partial charge in [0.15, 0.2) is 0 Å². The zero-order valence-electron chi connectivity index (χ0n) is 11.7. The van der Waals surface area contributed by atoms with Gasteiger partial charge in [0.1, 0.15) is 12.4 Å². The number of hydrogen-bond donors (Lipinski definition) is 2. The molecule has 0 aliphatic rings. The van der Waals surface area contributed by atoms with Crippen LogP contribution >= 0.6 is 11.6 Å². The molecule has 0 heterocycles. The first-order chi connectivity index (χ1) is 9.26. The van der Waals surface area contributed by atoms with Crippen LogP contribution in [0.15, 0.2) is 24.3 Å². The molecule has 0 aliphatic heterocycles. The lowest BCUT2D eigenvalue weighted by Gasteiger charge is -2.16. The number of benzene rings is 1. The van der Waals surface area contributed by atoms with Crippen molar-refractivity contribution in [1.29, 1.82) is 0 Å². The molecule has 1 aromatic carbocycles. The average molecular weight is 285 g/mol. The lowest BCUT2D eigenvalue weighted by molar-refractivity contribution is 0.254. The highest BCUT2D eigenvalue weighted by Crippen LogP contribution is 2.17. The quantitative estimate of drug-likeness (QED) is 0.389. The predicted molar refractivity (Wildman–Crippen MR) is 81.4 cm³/mol. The summed E-state index contributed by atoms with van der Waals surface area (Å²) in [7, 11) is 0. The number of unbranched alkanes of at least 4 members (excludes halogenated alkanes) is 4. The van der Waals surface area contributed by atoms with Gasteiger partial charge in [0, 0.05) is 5.02 Å². The first-order valence-electron chi connectivity index (χ1n) is 7.10. The zero-order valence-corrected chi connectivity index (χ0v) is 12.5. The van der Waals surface area contributed by atoms with Gasteiger partial charge < -0.3 is 4.74 Å². The lowest BCUT2D eigenvalue weighted by atomic mass is 10.1. The largest absolute Gasteiger partial charge is 0.492 e. The van der Waals surface area contributed by atoms with E-state index in [1.807, 2.05) is 24.3 Å². The Morgan fingerprint density at radius 1 is 1.26 bits per heavy atom. The summed E-state index contributed by atoms with van der Waals surface area (Å²) in [5.41, 5.74) is 2.82. The monoisotopic (exact) mass is 284 g/mol. The standard InChI is InChI=1S/C15H25ClN2O/c1-2-3-4-5-6-9-14(18-17)12-19-15-10-7-8-13(16)11-15/h7-8,10-11,14,18H,2-6,9,12,17H2,1H3. The number of halogens is 1. The van der Waals surface area contributed by atoms with Crippen LogP contribution in [-0.2, 0) is 0 Å². The second kappa shape index (κ2) is 10.1. The Bertz CT molecular complexity index is 347. The van der Waals surface area contributed by atoms with E-state index in [1.54, 1.807) is 0 Å². The number of nitrogens with two attached hydrogens (primary N) is 1. The topological polar surface area (TPSA) is 47.3 Å². The summed E-state index contributed by atoms with van der Waals surface area (Å²) in [6.07, 6.45) is 7.40. The number of nitrogens with one attached hydrogen (secondary N) is 1. The van der Waals surface area contributed by atoms with Crippen LogP contribution in [0.2, 0.25) is 5.02 Å². The fourth-order valence-electron chi connectivity index (χ4n) is 1.96. The third-order valence-corrected chi connectivity index (χ3v) is 3.37. The molecule has 0 aliphatic carbocycles. The molecule has 0 radical (unpaired) electrons. The van der Waals surface area contributed by atoms with Crippen molar-refractivity contribution in [3.8, 4) is 5.75 Å². The second-order valence-corrected chi connectivity index (χ2v) is 5.27. The van der Waals surface area contributed by atoms with Crippen LogP contribution in [0, 0.1) is 0 Å². The number of hydrogen-bond acceptors (Lipinski definition) is 3. The highest BCUT2D eigenvalue weighted by Gasteiger charge is 2.07. The van der Waals surface area contributed by atoms with Crippen molar-refractivity contribution >= 4 is 11.6 Å². The summed E-state index contributed by atoms with van der Waals surface area (Å²) in [6, 6.07) is 7.63. The molecular formula is C15H25ClN2O. The highest BCUT2D eigenvalue weighted by atomic mass is 35.5. The molecule has 0 amide bonds. The molecule has 1 atom stereocenters. The van der Waals surface area contributed by atoms with Gasteiger partial charge >= 0.3 is 0 Å². The fraction of sp³-hybridized carbons (Fsp3) is 0.600. The van der Waals surface area contributed by atoms with Crippen molar-refractivity contribution in [2.24, 2.45) is 5.84 Å². The smallest absolute Gasteiger partial charge is 0.120 e. The van der Waals surface area contributed by atoms with Crippen molar-refractivity contribution in [2.75, 3.05) is 6.61 Å². The van der Waals surface area contributed by atoms with Crippen LogP contribution in [-0.4, -0.2) is 12.6 Å². The molecule has 0 saturated carbocycles.